The predicted molar refractivity (Wildman–Crippen MR) is 72.6 cm³/mol. The number of hydrogen-bond donors (Lipinski definition) is 1. The van der Waals surface area contributed by atoms with E-state index in [-0.39, 0.29) is 18.6 Å². The van der Waals surface area contributed by atoms with Gasteiger partial charge in [-0.25, -0.2) is 0 Å². The molecule has 1 aliphatic rings. The van der Waals surface area contributed by atoms with Gasteiger partial charge in [0.15, 0.2) is 0 Å². The lowest BCUT2D eigenvalue weighted by Gasteiger charge is -2.33. The molecule has 1 aliphatic heterocycles. The molecule has 1 fully saturated rings. The second-order valence-electron chi connectivity index (χ2n) is 4.72. The lowest BCUT2D eigenvalue weighted by atomic mass is 10.0. The van der Waals surface area contributed by atoms with Crippen LogP contribution in [0.15, 0.2) is 18.5 Å². The second kappa shape index (κ2) is 6.35. The van der Waals surface area contributed by atoms with Gasteiger partial charge in [-0.1, -0.05) is 11.8 Å². The molecule has 1 aromatic rings. The molecule has 0 saturated carbocycles. The Morgan fingerprint density at radius 1 is 1.58 bits per heavy atom. The molecule has 0 spiro atoms. The molecule has 0 bridgehead atoms. The maximum Gasteiger partial charge on any atom is 0.255 e. The van der Waals surface area contributed by atoms with Crippen molar-refractivity contribution in [3.63, 3.8) is 0 Å². The van der Waals surface area contributed by atoms with E-state index in [1.165, 1.54) is 6.42 Å². The topological polar surface area (TPSA) is 53.4 Å². The molecule has 4 heteroatoms. The van der Waals surface area contributed by atoms with Crippen molar-refractivity contribution in [2.45, 2.75) is 32.2 Å². The number of nitrogens with zero attached hydrogens (tertiary/aromatic N) is 2. The van der Waals surface area contributed by atoms with Crippen LogP contribution in [-0.4, -0.2) is 40.1 Å². The van der Waals surface area contributed by atoms with Crippen LogP contribution >= 0.6 is 0 Å². The fraction of sp³-hybridized carbons (Fsp3) is 0.467. The summed E-state index contributed by atoms with van der Waals surface area (Å²) >= 11 is 0. The van der Waals surface area contributed by atoms with Crippen LogP contribution in [0.1, 0.15) is 42.1 Å². The Morgan fingerprint density at radius 3 is 3.16 bits per heavy atom. The molecule has 0 aromatic carbocycles. The maximum atomic E-state index is 12.6. The Morgan fingerprint density at radius 2 is 2.42 bits per heavy atom. The van der Waals surface area contributed by atoms with Gasteiger partial charge in [-0.2, -0.15) is 0 Å². The molecule has 1 unspecified atom stereocenters. The number of carbonyl (C=O) groups excluding carboxylic acids is 1. The first-order chi connectivity index (χ1) is 9.24. The average Bonchev–Trinajstić information content (AvgIpc) is 2.45. The number of carbonyl (C=O) groups is 1. The van der Waals surface area contributed by atoms with E-state index in [1.807, 2.05) is 4.90 Å². The Kier molecular flexibility index (Phi) is 4.53. The number of likely N-dealkylation sites (tertiary alicyclic amines) is 1. The molecule has 19 heavy (non-hydrogen) atoms. The quantitative estimate of drug-likeness (QED) is 0.775. The van der Waals surface area contributed by atoms with Gasteiger partial charge < -0.3 is 10.0 Å². The van der Waals surface area contributed by atoms with E-state index in [2.05, 4.69) is 23.7 Å². The number of aromatic nitrogens is 1. The first kappa shape index (κ1) is 13.6. The average molecular weight is 258 g/mol. The lowest BCUT2D eigenvalue weighted by Crippen LogP contribution is -2.42. The van der Waals surface area contributed by atoms with Gasteiger partial charge in [0.25, 0.3) is 5.91 Å². The van der Waals surface area contributed by atoms with Crippen LogP contribution in [0.3, 0.4) is 0 Å². The van der Waals surface area contributed by atoms with Crippen molar-refractivity contribution in [3.05, 3.63) is 29.6 Å². The van der Waals surface area contributed by atoms with Gasteiger partial charge >= 0.3 is 0 Å². The van der Waals surface area contributed by atoms with Gasteiger partial charge in [-0.05, 0) is 32.3 Å². The zero-order valence-corrected chi connectivity index (χ0v) is 11.1. The van der Waals surface area contributed by atoms with Gasteiger partial charge in [0.05, 0.1) is 11.1 Å². The summed E-state index contributed by atoms with van der Waals surface area (Å²) in [7, 11) is 0. The van der Waals surface area contributed by atoms with Crippen LogP contribution in [0.25, 0.3) is 0 Å². The van der Waals surface area contributed by atoms with Crippen LogP contribution in [0.2, 0.25) is 0 Å². The summed E-state index contributed by atoms with van der Waals surface area (Å²) in [5, 5.41) is 8.76. The standard InChI is InChI=1S/C15H18N2O2/c1-12-5-2-3-9-17(12)15(19)14-7-8-16-11-13(14)6-4-10-18/h7-8,11-12,18H,2-3,5,9-10H2,1H3. The third-order valence-electron chi connectivity index (χ3n) is 3.42. The van der Waals surface area contributed by atoms with Crippen molar-refractivity contribution in [3.8, 4) is 11.8 Å². The molecule has 2 heterocycles. The van der Waals surface area contributed by atoms with E-state index in [9.17, 15) is 4.79 Å². The monoisotopic (exact) mass is 258 g/mol. The zero-order chi connectivity index (χ0) is 13.7. The Balaban J connectivity index is 2.27. The predicted octanol–water partition coefficient (Wildman–Crippen LogP) is 1.44. The second-order valence-corrected chi connectivity index (χ2v) is 4.72. The summed E-state index contributed by atoms with van der Waals surface area (Å²) < 4.78 is 0. The van der Waals surface area contributed by atoms with Gasteiger partial charge in [0, 0.05) is 25.0 Å². The summed E-state index contributed by atoms with van der Waals surface area (Å²) in [6, 6.07) is 1.97. The van der Waals surface area contributed by atoms with E-state index < -0.39 is 0 Å². The van der Waals surface area contributed by atoms with Gasteiger partial charge in [-0.3, -0.25) is 9.78 Å². The largest absolute Gasteiger partial charge is 0.384 e. The summed E-state index contributed by atoms with van der Waals surface area (Å²) in [6.07, 6.45) is 6.46. The van der Waals surface area contributed by atoms with Gasteiger partial charge in [0.2, 0.25) is 0 Å². The first-order valence-electron chi connectivity index (χ1n) is 6.58. The molecule has 1 amide bonds. The van der Waals surface area contributed by atoms with Crippen LogP contribution in [-0.2, 0) is 0 Å². The van der Waals surface area contributed by atoms with Crippen molar-refractivity contribution in [1.29, 1.82) is 0 Å². The van der Waals surface area contributed by atoms with Crippen molar-refractivity contribution >= 4 is 5.91 Å². The minimum Gasteiger partial charge on any atom is -0.384 e. The molecule has 1 N–H and O–H groups in total. The Hall–Kier alpha value is -1.86. The summed E-state index contributed by atoms with van der Waals surface area (Å²) in [6.45, 7) is 2.66. The number of aliphatic hydroxyl groups excluding tert-OH is 1. The van der Waals surface area contributed by atoms with Crippen molar-refractivity contribution in [2.75, 3.05) is 13.2 Å². The van der Waals surface area contributed by atoms with Crippen LogP contribution in [0.4, 0.5) is 0 Å². The normalized spacial score (nSPS) is 18.6. The summed E-state index contributed by atoms with van der Waals surface area (Å²) in [5.41, 5.74) is 1.16. The van der Waals surface area contributed by atoms with E-state index >= 15 is 0 Å². The molecule has 0 aliphatic carbocycles. The highest BCUT2D eigenvalue weighted by Gasteiger charge is 2.25. The zero-order valence-electron chi connectivity index (χ0n) is 11.1. The fourth-order valence-corrected chi connectivity index (χ4v) is 2.37. The number of hydrogen-bond acceptors (Lipinski definition) is 3. The number of aliphatic hydroxyl groups is 1. The van der Waals surface area contributed by atoms with Crippen LogP contribution in [0.5, 0.6) is 0 Å². The smallest absolute Gasteiger partial charge is 0.255 e. The van der Waals surface area contributed by atoms with Gasteiger partial charge in [-0.15, -0.1) is 0 Å². The third-order valence-corrected chi connectivity index (χ3v) is 3.42. The van der Waals surface area contributed by atoms with Crippen molar-refractivity contribution in [1.82, 2.24) is 9.88 Å². The molecule has 0 radical (unpaired) electrons. The third kappa shape index (κ3) is 3.12. The van der Waals surface area contributed by atoms with E-state index in [0.29, 0.717) is 11.1 Å². The SMILES string of the molecule is CC1CCCCN1C(=O)c1ccncc1C#CCO. The molecule has 1 atom stereocenters. The number of amides is 1. The highest BCUT2D eigenvalue weighted by molar-refractivity contribution is 5.96. The molecule has 1 saturated heterocycles. The minimum absolute atomic E-state index is 0.0110. The summed E-state index contributed by atoms with van der Waals surface area (Å²) in [5.74, 6) is 5.37. The molecule has 100 valence electrons. The van der Waals surface area contributed by atoms with Crippen LogP contribution < -0.4 is 0 Å². The van der Waals surface area contributed by atoms with Crippen LogP contribution in [0, 0.1) is 11.8 Å². The highest BCUT2D eigenvalue weighted by atomic mass is 16.2. The van der Waals surface area contributed by atoms with Gasteiger partial charge in [0.1, 0.15) is 6.61 Å². The highest BCUT2D eigenvalue weighted by Crippen LogP contribution is 2.20. The lowest BCUT2D eigenvalue weighted by molar-refractivity contribution is 0.0635. The molecular weight excluding hydrogens is 240 g/mol. The number of pyridine rings is 1. The molecule has 2 rings (SSSR count). The van der Waals surface area contributed by atoms with E-state index in [4.69, 9.17) is 5.11 Å². The van der Waals surface area contributed by atoms with Crippen molar-refractivity contribution < 1.29 is 9.90 Å². The number of piperidine rings is 1. The molecular formula is C15H18N2O2. The minimum atomic E-state index is -0.220. The summed E-state index contributed by atoms with van der Waals surface area (Å²) in [4.78, 5) is 18.5. The Bertz CT molecular complexity index is 516. The molecule has 4 nitrogen and oxygen atoms in total. The first-order valence-corrected chi connectivity index (χ1v) is 6.58. The number of rotatable bonds is 1. The van der Waals surface area contributed by atoms with Crippen molar-refractivity contribution in [2.24, 2.45) is 0 Å². The maximum absolute atomic E-state index is 12.6. The fourth-order valence-electron chi connectivity index (χ4n) is 2.37. The molecule has 1 aromatic heterocycles. The van der Waals surface area contributed by atoms with E-state index in [0.717, 1.165) is 19.4 Å². The van der Waals surface area contributed by atoms with E-state index in [1.54, 1.807) is 18.5 Å². The Labute approximate surface area is 113 Å².